The second-order valence-corrected chi connectivity index (χ2v) is 6.18. The molecule has 1 aliphatic heterocycles. The fraction of sp³-hybridized carbons (Fsp3) is 0.316. The Kier molecular flexibility index (Phi) is 3.97. The maximum Gasteiger partial charge on any atom is 0.254 e. The number of nitrogens with zero attached hydrogens (tertiary/aromatic N) is 3. The van der Waals surface area contributed by atoms with E-state index in [1.54, 1.807) is 4.90 Å². The van der Waals surface area contributed by atoms with Crippen LogP contribution in [0.5, 0.6) is 0 Å². The van der Waals surface area contributed by atoms with E-state index in [-0.39, 0.29) is 12.5 Å². The van der Waals surface area contributed by atoms with E-state index in [1.165, 1.54) is 5.56 Å². The van der Waals surface area contributed by atoms with Crippen LogP contribution in [0.3, 0.4) is 0 Å². The van der Waals surface area contributed by atoms with E-state index in [0.717, 1.165) is 34.4 Å². The third-order valence-electron chi connectivity index (χ3n) is 4.62. The molecule has 0 bridgehead atoms. The van der Waals surface area contributed by atoms with E-state index < -0.39 is 0 Å². The number of morpholine rings is 1. The largest absolute Gasteiger partial charge is 0.370 e. The summed E-state index contributed by atoms with van der Waals surface area (Å²) in [4.78, 5) is 26.3. The number of nitrogens with one attached hydrogen (secondary N) is 1. The van der Waals surface area contributed by atoms with Gasteiger partial charge in [0.25, 0.3) is 5.91 Å². The van der Waals surface area contributed by atoms with Crippen LogP contribution < -0.4 is 4.90 Å². The molecule has 0 spiro atoms. The van der Waals surface area contributed by atoms with Crippen molar-refractivity contribution in [3.8, 4) is 11.3 Å². The lowest BCUT2D eigenvalue weighted by Gasteiger charge is -2.26. The number of aryl methyl sites for hydroxylation is 2. The van der Waals surface area contributed by atoms with Gasteiger partial charge in [0.2, 0.25) is 0 Å². The molecule has 0 aromatic carbocycles. The van der Waals surface area contributed by atoms with Crippen molar-refractivity contribution in [2.75, 3.05) is 24.7 Å². The van der Waals surface area contributed by atoms with Crippen LogP contribution >= 0.6 is 0 Å². The second-order valence-electron chi connectivity index (χ2n) is 6.18. The molecule has 1 fully saturated rings. The first kappa shape index (κ1) is 15.8. The molecule has 6 heteroatoms. The molecule has 1 amide bonds. The van der Waals surface area contributed by atoms with E-state index in [4.69, 9.17) is 4.74 Å². The second kappa shape index (κ2) is 6.29. The smallest absolute Gasteiger partial charge is 0.254 e. The molecular weight excluding hydrogens is 316 g/mol. The zero-order valence-electron chi connectivity index (χ0n) is 14.4. The van der Waals surface area contributed by atoms with E-state index in [2.05, 4.69) is 34.9 Å². The lowest BCUT2D eigenvalue weighted by atomic mass is 10.1. The first-order valence-electron chi connectivity index (χ1n) is 8.50. The van der Waals surface area contributed by atoms with Crippen LogP contribution in [0.25, 0.3) is 22.3 Å². The van der Waals surface area contributed by atoms with Gasteiger partial charge in [-0.05, 0) is 37.1 Å². The zero-order valence-corrected chi connectivity index (χ0v) is 14.4. The monoisotopic (exact) mass is 336 g/mol. The van der Waals surface area contributed by atoms with Crippen molar-refractivity contribution in [2.45, 2.75) is 20.3 Å². The topological polar surface area (TPSA) is 71.1 Å². The Labute approximate surface area is 145 Å². The Morgan fingerprint density at radius 3 is 3.04 bits per heavy atom. The molecule has 0 unspecified atom stereocenters. The minimum Gasteiger partial charge on any atom is -0.370 e. The van der Waals surface area contributed by atoms with E-state index in [0.29, 0.717) is 19.0 Å². The fourth-order valence-corrected chi connectivity index (χ4v) is 3.34. The maximum absolute atomic E-state index is 12.0. The van der Waals surface area contributed by atoms with Gasteiger partial charge in [0.05, 0.1) is 18.8 Å². The molecule has 0 radical (unpaired) electrons. The highest BCUT2D eigenvalue weighted by Crippen LogP contribution is 2.27. The van der Waals surface area contributed by atoms with Crippen LogP contribution in [0, 0.1) is 6.92 Å². The Balaban J connectivity index is 1.75. The molecule has 4 heterocycles. The summed E-state index contributed by atoms with van der Waals surface area (Å²) in [7, 11) is 0. The van der Waals surface area contributed by atoms with Gasteiger partial charge in [-0.1, -0.05) is 13.0 Å². The summed E-state index contributed by atoms with van der Waals surface area (Å²) in [6, 6.07) is 7.85. The molecule has 1 saturated heterocycles. The van der Waals surface area contributed by atoms with Crippen LogP contribution in [0.15, 0.2) is 30.5 Å². The van der Waals surface area contributed by atoms with Gasteiger partial charge in [0.1, 0.15) is 18.1 Å². The molecule has 4 rings (SSSR count). The number of pyridine rings is 2. The van der Waals surface area contributed by atoms with Gasteiger partial charge < -0.3 is 9.72 Å². The lowest BCUT2D eigenvalue weighted by Crippen LogP contribution is -2.42. The maximum atomic E-state index is 12.0. The number of anilines is 1. The summed E-state index contributed by atoms with van der Waals surface area (Å²) in [5.41, 5.74) is 5.10. The number of H-pyrrole nitrogens is 1. The number of carbonyl (C=O) groups excluding carboxylic acids is 1. The number of ether oxygens (including phenoxy) is 1. The van der Waals surface area contributed by atoms with Gasteiger partial charge >= 0.3 is 0 Å². The molecular formula is C19H20N4O2. The molecule has 1 aliphatic rings. The summed E-state index contributed by atoms with van der Waals surface area (Å²) in [6.45, 7) is 5.40. The molecule has 1 N–H and O–H groups in total. The van der Waals surface area contributed by atoms with Crippen molar-refractivity contribution in [3.05, 3.63) is 41.7 Å². The molecule has 0 aliphatic carbocycles. The van der Waals surface area contributed by atoms with E-state index in [9.17, 15) is 4.79 Å². The predicted octanol–water partition coefficient (Wildman–Crippen LogP) is 2.86. The highest BCUT2D eigenvalue weighted by atomic mass is 16.5. The summed E-state index contributed by atoms with van der Waals surface area (Å²) in [5, 5.41) is 1.13. The van der Waals surface area contributed by atoms with Gasteiger partial charge in [0.15, 0.2) is 0 Å². The number of fused-ring (bicyclic) bond motifs is 1. The van der Waals surface area contributed by atoms with Gasteiger partial charge in [-0.2, -0.15) is 0 Å². The Hall–Kier alpha value is -2.73. The fourth-order valence-electron chi connectivity index (χ4n) is 3.34. The minimum atomic E-state index is -0.0565. The highest BCUT2D eigenvalue weighted by molar-refractivity contribution is 5.94. The summed E-state index contributed by atoms with van der Waals surface area (Å²) in [6.07, 6.45) is 2.78. The first-order valence-corrected chi connectivity index (χ1v) is 8.50. The average Bonchev–Trinajstić information content (AvgIpc) is 2.96. The van der Waals surface area contributed by atoms with Crippen LogP contribution in [-0.2, 0) is 16.0 Å². The van der Waals surface area contributed by atoms with Crippen molar-refractivity contribution in [3.63, 3.8) is 0 Å². The molecule has 6 nitrogen and oxygen atoms in total. The first-order chi connectivity index (χ1) is 12.2. The standard InChI is InChI=1S/C19H20N4O2/c1-3-14-12(2)21-19-15(14)9-13(10-20-19)16-5-4-6-17(22-16)23-7-8-25-11-18(23)24/h4-6,9-10H,3,7-8,11H2,1-2H3,(H,20,21). The van der Waals surface area contributed by atoms with E-state index >= 15 is 0 Å². The summed E-state index contributed by atoms with van der Waals surface area (Å²) in [5.74, 6) is 0.603. The van der Waals surface area contributed by atoms with Crippen molar-refractivity contribution in [2.24, 2.45) is 0 Å². The van der Waals surface area contributed by atoms with Gasteiger partial charge in [-0.3, -0.25) is 9.69 Å². The number of hydrogen-bond acceptors (Lipinski definition) is 4. The number of hydrogen-bond donors (Lipinski definition) is 1. The van der Waals surface area contributed by atoms with Crippen molar-refractivity contribution in [1.82, 2.24) is 15.0 Å². The molecule has 0 atom stereocenters. The summed E-state index contributed by atoms with van der Waals surface area (Å²) >= 11 is 0. The van der Waals surface area contributed by atoms with Crippen molar-refractivity contribution >= 4 is 22.8 Å². The molecule has 0 saturated carbocycles. The third kappa shape index (κ3) is 2.78. The van der Waals surface area contributed by atoms with Crippen LogP contribution in [0.4, 0.5) is 5.82 Å². The lowest BCUT2D eigenvalue weighted by molar-refractivity contribution is -0.125. The van der Waals surface area contributed by atoms with Crippen LogP contribution in [0.1, 0.15) is 18.2 Å². The number of aromatic nitrogens is 3. The average molecular weight is 336 g/mol. The number of aromatic amines is 1. The van der Waals surface area contributed by atoms with Crippen LogP contribution in [-0.4, -0.2) is 40.6 Å². The molecule has 3 aromatic heterocycles. The molecule has 25 heavy (non-hydrogen) atoms. The quantitative estimate of drug-likeness (QED) is 0.798. The number of amides is 1. The number of carbonyl (C=O) groups is 1. The summed E-state index contributed by atoms with van der Waals surface area (Å²) < 4.78 is 5.19. The van der Waals surface area contributed by atoms with Gasteiger partial charge in [-0.15, -0.1) is 0 Å². The Morgan fingerprint density at radius 2 is 2.24 bits per heavy atom. The Morgan fingerprint density at radius 1 is 1.36 bits per heavy atom. The Bertz CT molecular complexity index is 948. The van der Waals surface area contributed by atoms with Gasteiger partial charge in [0, 0.05) is 22.8 Å². The third-order valence-corrected chi connectivity index (χ3v) is 4.62. The zero-order chi connectivity index (χ0) is 17.4. The SMILES string of the molecule is CCc1c(C)[nH]c2ncc(-c3cccc(N4CCOCC4=O)n3)cc12. The normalized spacial score (nSPS) is 15.1. The van der Waals surface area contributed by atoms with Crippen molar-refractivity contribution in [1.29, 1.82) is 0 Å². The van der Waals surface area contributed by atoms with Crippen molar-refractivity contribution < 1.29 is 9.53 Å². The molecule has 3 aromatic rings. The van der Waals surface area contributed by atoms with E-state index in [1.807, 2.05) is 24.4 Å². The molecule has 128 valence electrons. The van der Waals surface area contributed by atoms with Gasteiger partial charge in [-0.25, -0.2) is 9.97 Å². The highest BCUT2D eigenvalue weighted by Gasteiger charge is 2.21. The number of rotatable bonds is 3. The van der Waals surface area contributed by atoms with Crippen LogP contribution in [0.2, 0.25) is 0 Å². The predicted molar refractivity (Wildman–Crippen MR) is 96.6 cm³/mol. The minimum absolute atomic E-state index is 0.0565.